The summed E-state index contributed by atoms with van der Waals surface area (Å²) >= 11 is 0. The monoisotopic (exact) mass is 355 g/mol. The number of carboxylic acid groups (broad SMARTS) is 1. The number of unbranched alkanes of at least 4 members (excludes halogenated alkanes) is 12. The molecule has 0 heterocycles. The molecule has 0 unspecified atom stereocenters. The molecule has 25 heavy (non-hydrogen) atoms. The van der Waals surface area contributed by atoms with Crippen LogP contribution in [-0.2, 0) is 4.79 Å². The maximum atomic E-state index is 10.5. The van der Waals surface area contributed by atoms with Crippen LogP contribution in [0.15, 0.2) is 0 Å². The van der Waals surface area contributed by atoms with Gasteiger partial charge in [0.2, 0.25) is 0 Å². The predicted octanol–water partition coefficient (Wildman–Crippen LogP) is 6.70. The van der Waals surface area contributed by atoms with Gasteiger partial charge in [0.1, 0.15) is 0 Å². The van der Waals surface area contributed by atoms with Crippen LogP contribution in [0.1, 0.15) is 124 Å². The summed E-state index contributed by atoms with van der Waals surface area (Å²) in [5.74, 6) is -0.676. The van der Waals surface area contributed by atoms with Crippen molar-refractivity contribution < 1.29 is 9.90 Å². The second-order valence-corrected chi connectivity index (χ2v) is 8.30. The zero-order valence-electron chi connectivity index (χ0n) is 17.4. The van der Waals surface area contributed by atoms with Crippen LogP contribution in [0.2, 0.25) is 0 Å². The Morgan fingerprint density at radius 2 is 1.24 bits per heavy atom. The maximum absolute atomic E-state index is 10.5. The average molecular weight is 356 g/mol. The molecule has 0 saturated heterocycles. The second kappa shape index (κ2) is 16.9. The van der Waals surface area contributed by atoms with E-state index in [4.69, 9.17) is 5.11 Å². The standard InChI is InChI=1S/C22H45NO2/c1-4-5-6-7-8-9-10-11-12-13-16-19-22(2,3)23-20-17-14-15-18-21(24)25/h23H,4-20H2,1-3H3,(H,24,25). The van der Waals surface area contributed by atoms with E-state index >= 15 is 0 Å². The first kappa shape index (κ1) is 24.4. The van der Waals surface area contributed by atoms with E-state index in [0.717, 1.165) is 25.8 Å². The Morgan fingerprint density at radius 3 is 1.76 bits per heavy atom. The molecule has 0 atom stereocenters. The number of hydrogen-bond acceptors (Lipinski definition) is 2. The molecule has 0 saturated carbocycles. The Labute approximate surface area is 157 Å². The second-order valence-electron chi connectivity index (χ2n) is 8.30. The molecule has 0 aromatic rings. The third-order valence-corrected chi connectivity index (χ3v) is 5.08. The van der Waals surface area contributed by atoms with E-state index in [-0.39, 0.29) is 5.54 Å². The number of carbonyl (C=O) groups is 1. The Kier molecular flexibility index (Phi) is 16.5. The first-order valence-electron chi connectivity index (χ1n) is 10.9. The van der Waals surface area contributed by atoms with Gasteiger partial charge in [-0.1, -0.05) is 84.0 Å². The van der Waals surface area contributed by atoms with Crippen LogP contribution in [-0.4, -0.2) is 23.2 Å². The van der Waals surface area contributed by atoms with E-state index in [2.05, 4.69) is 26.1 Å². The third-order valence-electron chi connectivity index (χ3n) is 5.08. The minimum absolute atomic E-state index is 0.214. The lowest BCUT2D eigenvalue weighted by atomic mass is 9.95. The highest BCUT2D eigenvalue weighted by molar-refractivity contribution is 5.66. The van der Waals surface area contributed by atoms with Gasteiger partial charge in [-0.25, -0.2) is 0 Å². The fourth-order valence-electron chi connectivity index (χ4n) is 3.32. The zero-order chi connectivity index (χ0) is 18.8. The fraction of sp³-hybridized carbons (Fsp3) is 0.955. The topological polar surface area (TPSA) is 49.3 Å². The normalized spacial score (nSPS) is 11.8. The quantitative estimate of drug-likeness (QED) is 0.253. The SMILES string of the molecule is CCCCCCCCCCCCCC(C)(C)NCCCCCC(=O)O. The Hall–Kier alpha value is -0.570. The van der Waals surface area contributed by atoms with Gasteiger partial charge in [0.25, 0.3) is 0 Å². The smallest absolute Gasteiger partial charge is 0.303 e. The van der Waals surface area contributed by atoms with Gasteiger partial charge in [0, 0.05) is 12.0 Å². The van der Waals surface area contributed by atoms with Gasteiger partial charge in [-0.2, -0.15) is 0 Å². The lowest BCUT2D eigenvalue weighted by Crippen LogP contribution is -2.39. The highest BCUT2D eigenvalue weighted by Crippen LogP contribution is 2.16. The van der Waals surface area contributed by atoms with Crippen LogP contribution >= 0.6 is 0 Å². The van der Waals surface area contributed by atoms with E-state index in [1.807, 2.05) is 0 Å². The molecule has 0 spiro atoms. The fourth-order valence-corrected chi connectivity index (χ4v) is 3.32. The number of rotatable bonds is 19. The summed E-state index contributed by atoms with van der Waals surface area (Å²) in [6.45, 7) is 7.87. The number of carboxylic acids is 1. The van der Waals surface area contributed by atoms with Crippen molar-refractivity contribution in [1.82, 2.24) is 5.32 Å². The van der Waals surface area contributed by atoms with Gasteiger partial charge < -0.3 is 10.4 Å². The van der Waals surface area contributed by atoms with E-state index in [0.29, 0.717) is 6.42 Å². The van der Waals surface area contributed by atoms with Gasteiger partial charge in [0.05, 0.1) is 0 Å². The zero-order valence-corrected chi connectivity index (χ0v) is 17.4. The predicted molar refractivity (Wildman–Crippen MR) is 109 cm³/mol. The minimum atomic E-state index is -0.676. The summed E-state index contributed by atoms with van der Waals surface area (Å²) in [5.41, 5.74) is 0.214. The molecular weight excluding hydrogens is 310 g/mol. The van der Waals surface area contributed by atoms with Crippen LogP contribution in [0.5, 0.6) is 0 Å². The van der Waals surface area contributed by atoms with Crippen molar-refractivity contribution >= 4 is 5.97 Å². The molecule has 0 aliphatic heterocycles. The van der Waals surface area contributed by atoms with Crippen LogP contribution in [0.3, 0.4) is 0 Å². The van der Waals surface area contributed by atoms with Gasteiger partial charge in [-0.15, -0.1) is 0 Å². The van der Waals surface area contributed by atoms with E-state index in [9.17, 15) is 4.79 Å². The third kappa shape index (κ3) is 19.6. The summed E-state index contributed by atoms with van der Waals surface area (Å²) in [5, 5.41) is 12.3. The summed E-state index contributed by atoms with van der Waals surface area (Å²) in [4.78, 5) is 10.5. The largest absolute Gasteiger partial charge is 0.481 e. The van der Waals surface area contributed by atoms with E-state index < -0.39 is 5.97 Å². The van der Waals surface area contributed by atoms with Gasteiger partial charge in [-0.3, -0.25) is 4.79 Å². The van der Waals surface area contributed by atoms with Crippen molar-refractivity contribution in [3.05, 3.63) is 0 Å². The maximum Gasteiger partial charge on any atom is 0.303 e. The first-order valence-corrected chi connectivity index (χ1v) is 10.9. The number of nitrogens with one attached hydrogen (secondary N) is 1. The van der Waals surface area contributed by atoms with Gasteiger partial charge in [0.15, 0.2) is 0 Å². The highest BCUT2D eigenvalue weighted by atomic mass is 16.4. The number of aliphatic carboxylic acids is 1. The summed E-state index contributed by atoms with van der Waals surface area (Å²) in [7, 11) is 0. The Balaban J connectivity index is 3.34. The van der Waals surface area contributed by atoms with Crippen molar-refractivity contribution in [3.8, 4) is 0 Å². The molecule has 150 valence electrons. The lowest BCUT2D eigenvalue weighted by Gasteiger charge is -2.26. The van der Waals surface area contributed by atoms with Crippen molar-refractivity contribution in [1.29, 1.82) is 0 Å². The lowest BCUT2D eigenvalue weighted by molar-refractivity contribution is -0.137. The molecule has 0 aliphatic rings. The molecule has 3 nitrogen and oxygen atoms in total. The van der Waals surface area contributed by atoms with Crippen molar-refractivity contribution in [2.24, 2.45) is 0 Å². The number of hydrogen-bond donors (Lipinski definition) is 2. The first-order chi connectivity index (χ1) is 12.0. The highest BCUT2D eigenvalue weighted by Gasteiger charge is 2.15. The van der Waals surface area contributed by atoms with Crippen LogP contribution < -0.4 is 5.32 Å². The molecule has 3 heteroatoms. The minimum Gasteiger partial charge on any atom is -0.481 e. The van der Waals surface area contributed by atoms with Crippen LogP contribution in [0.4, 0.5) is 0 Å². The molecule has 0 fully saturated rings. The summed E-state index contributed by atoms with van der Waals surface area (Å²) in [6, 6.07) is 0. The van der Waals surface area contributed by atoms with Crippen molar-refractivity contribution in [3.63, 3.8) is 0 Å². The average Bonchev–Trinajstić information content (AvgIpc) is 2.55. The van der Waals surface area contributed by atoms with Crippen molar-refractivity contribution in [2.45, 2.75) is 129 Å². The Bertz CT molecular complexity index is 302. The van der Waals surface area contributed by atoms with Crippen LogP contribution in [0.25, 0.3) is 0 Å². The summed E-state index contributed by atoms with van der Waals surface area (Å²) < 4.78 is 0. The summed E-state index contributed by atoms with van der Waals surface area (Å²) in [6.07, 6.45) is 19.8. The Morgan fingerprint density at radius 1 is 0.760 bits per heavy atom. The van der Waals surface area contributed by atoms with Gasteiger partial charge in [-0.05, 0) is 39.7 Å². The molecule has 2 N–H and O–H groups in total. The molecular formula is C22H45NO2. The van der Waals surface area contributed by atoms with Crippen molar-refractivity contribution in [2.75, 3.05) is 6.54 Å². The van der Waals surface area contributed by atoms with E-state index in [1.54, 1.807) is 0 Å². The molecule has 0 bridgehead atoms. The molecule has 0 aromatic heterocycles. The molecule has 0 aliphatic carbocycles. The van der Waals surface area contributed by atoms with Gasteiger partial charge >= 0.3 is 5.97 Å². The molecule has 0 rings (SSSR count). The van der Waals surface area contributed by atoms with Crippen LogP contribution in [0, 0.1) is 0 Å². The van der Waals surface area contributed by atoms with E-state index in [1.165, 1.54) is 77.0 Å². The molecule has 0 amide bonds. The molecule has 0 aromatic carbocycles. The molecule has 0 radical (unpaired) electrons.